The minimum atomic E-state index is -0.684. The molecule has 4 heteroatoms. The van der Waals surface area contributed by atoms with Crippen molar-refractivity contribution in [2.45, 2.75) is 45.1 Å². The van der Waals surface area contributed by atoms with Crippen molar-refractivity contribution in [2.75, 3.05) is 19.0 Å². The molecule has 1 aliphatic rings. The first-order chi connectivity index (χ1) is 10.1. The molecule has 0 heterocycles. The number of anilines is 1. The van der Waals surface area contributed by atoms with Gasteiger partial charge in [-0.3, -0.25) is 4.79 Å². The fraction of sp³-hybridized carbons (Fsp3) is 0.588. The molecule has 1 aliphatic carbocycles. The molecule has 1 aromatic rings. The monoisotopic (exact) mass is 291 g/mol. The molecular formula is C17H25NO3. The average molecular weight is 291 g/mol. The molecule has 0 radical (unpaired) electrons. The molecule has 0 spiro atoms. The summed E-state index contributed by atoms with van der Waals surface area (Å²) in [5, 5.41) is 2.97. The molecule has 0 aromatic heterocycles. The van der Waals surface area contributed by atoms with Crippen molar-refractivity contribution in [2.24, 2.45) is 5.92 Å². The van der Waals surface area contributed by atoms with Gasteiger partial charge in [-0.05, 0) is 56.4 Å². The van der Waals surface area contributed by atoms with Gasteiger partial charge in [0, 0.05) is 12.8 Å². The number of hydrogen-bond acceptors (Lipinski definition) is 3. The first kappa shape index (κ1) is 15.8. The molecule has 21 heavy (non-hydrogen) atoms. The number of methoxy groups -OCH3 is 1. The maximum absolute atomic E-state index is 12.6. The zero-order chi connectivity index (χ0) is 15.3. The maximum atomic E-state index is 12.6. The molecule has 0 unspecified atom stereocenters. The van der Waals surface area contributed by atoms with Crippen molar-refractivity contribution in [3.05, 3.63) is 24.3 Å². The van der Waals surface area contributed by atoms with Crippen LogP contribution in [0.5, 0.6) is 5.75 Å². The summed E-state index contributed by atoms with van der Waals surface area (Å²) in [7, 11) is 1.63. The van der Waals surface area contributed by atoms with E-state index in [0.717, 1.165) is 30.7 Å². The van der Waals surface area contributed by atoms with E-state index in [4.69, 9.17) is 9.47 Å². The molecule has 2 rings (SSSR count). The average Bonchev–Trinajstić information content (AvgIpc) is 2.49. The van der Waals surface area contributed by atoms with Crippen LogP contribution in [0.1, 0.15) is 39.5 Å². The van der Waals surface area contributed by atoms with Crippen LogP contribution in [-0.2, 0) is 9.53 Å². The molecule has 1 N–H and O–H groups in total. The summed E-state index contributed by atoms with van der Waals surface area (Å²) in [5.41, 5.74) is 0.0918. The van der Waals surface area contributed by atoms with Gasteiger partial charge in [0.2, 0.25) is 0 Å². The first-order valence-electron chi connectivity index (χ1n) is 7.69. The quantitative estimate of drug-likeness (QED) is 0.901. The molecular weight excluding hydrogens is 266 g/mol. The number of rotatable bonds is 5. The molecule has 0 aliphatic heterocycles. The van der Waals surface area contributed by atoms with E-state index in [1.807, 2.05) is 31.2 Å². The van der Waals surface area contributed by atoms with E-state index < -0.39 is 5.60 Å². The van der Waals surface area contributed by atoms with Crippen LogP contribution in [0, 0.1) is 5.92 Å². The zero-order valence-corrected chi connectivity index (χ0v) is 13.1. The van der Waals surface area contributed by atoms with Crippen LogP contribution in [0.25, 0.3) is 0 Å². The second-order valence-corrected chi connectivity index (χ2v) is 5.81. The van der Waals surface area contributed by atoms with E-state index in [0.29, 0.717) is 12.5 Å². The highest BCUT2D eigenvalue weighted by Gasteiger charge is 2.41. The predicted molar refractivity (Wildman–Crippen MR) is 83.6 cm³/mol. The van der Waals surface area contributed by atoms with Crippen molar-refractivity contribution in [3.8, 4) is 5.75 Å². The normalized spacial score (nSPS) is 25.4. The lowest BCUT2D eigenvalue weighted by Gasteiger charge is -2.37. The molecule has 1 amide bonds. The van der Waals surface area contributed by atoms with Crippen LogP contribution in [0.4, 0.5) is 5.69 Å². The second kappa shape index (κ2) is 6.94. The van der Waals surface area contributed by atoms with E-state index in [2.05, 4.69) is 12.2 Å². The van der Waals surface area contributed by atoms with Crippen LogP contribution in [-0.4, -0.2) is 25.2 Å². The van der Waals surface area contributed by atoms with Gasteiger partial charge in [-0.2, -0.15) is 0 Å². The van der Waals surface area contributed by atoms with Crippen LogP contribution < -0.4 is 10.1 Å². The number of ether oxygens (including phenoxy) is 2. The third-order valence-corrected chi connectivity index (χ3v) is 4.18. The number of hydrogen-bond donors (Lipinski definition) is 1. The van der Waals surface area contributed by atoms with Crippen LogP contribution >= 0.6 is 0 Å². The Balaban J connectivity index is 2.05. The van der Waals surface area contributed by atoms with Gasteiger partial charge in [-0.25, -0.2) is 0 Å². The Hall–Kier alpha value is -1.55. The fourth-order valence-corrected chi connectivity index (χ4v) is 3.03. The van der Waals surface area contributed by atoms with E-state index >= 15 is 0 Å². The van der Waals surface area contributed by atoms with Gasteiger partial charge in [0.25, 0.3) is 5.91 Å². The lowest BCUT2D eigenvalue weighted by atomic mass is 9.78. The summed E-state index contributed by atoms with van der Waals surface area (Å²) < 4.78 is 11.0. The van der Waals surface area contributed by atoms with E-state index in [9.17, 15) is 4.79 Å². The molecule has 1 fully saturated rings. The fourth-order valence-electron chi connectivity index (χ4n) is 3.03. The Morgan fingerprint density at radius 2 is 2.10 bits per heavy atom. The molecule has 1 saturated carbocycles. The minimum Gasteiger partial charge on any atom is -0.494 e. The second-order valence-electron chi connectivity index (χ2n) is 5.81. The zero-order valence-electron chi connectivity index (χ0n) is 13.1. The Morgan fingerprint density at radius 3 is 2.67 bits per heavy atom. The summed E-state index contributed by atoms with van der Waals surface area (Å²) in [4.78, 5) is 12.6. The largest absolute Gasteiger partial charge is 0.494 e. The maximum Gasteiger partial charge on any atom is 0.256 e. The van der Waals surface area contributed by atoms with E-state index in [1.54, 1.807) is 7.11 Å². The standard InChI is InChI=1S/C17H25NO3/c1-4-21-15-9-7-14(8-10-15)18-16(19)17(20-3)11-5-6-13(2)12-17/h7-10,13H,4-6,11-12H2,1-3H3,(H,18,19)/t13-,17+/m1/s1. The highest BCUT2D eigenvalue weighted by atomic mass is 16.5. The number of nitrogens with one attached hydrogen (secondary N) is 1. The predicted octanol–water partition coefficient (Wildman–Crippen LogP) is 3.62. The Kier molecular flexibility index (Phi) is 5.23. The summed E-state index contributed by atoms with van der Waals surface area (Å²) >= 11 is 0. The molecule has 0 saturated heterocycles. The summed E-state index contributed by atoms with van der Waals surface area (Å²) in [5.74, 6) is 1.29. The number of benzene rings is 1. The first-order valence-corrected chi connectivity index (χ1v) is 7.69. The van der Waals surface area contributed by atoms with Gasteiger partial charge in [-0.15, -0.1) is 0 Å². The van der Waals surface area contributed by atoms with Gasteiger partial charge < -0.3 is 14.8 Å². The third kappa shape index (κ3) is 3.76. The molecule has 0 bridgehead atoms. The minimum absolute atomic E-state index is 0.0410. The van der Waals surface area contributed by atoms with Crippen molar-refractivity contribution < 1.29 is 14.3 Å². The molecule has 4 nitrogen and oxygen atoms in total. The SMILES string of the molecule is CCOc1ccc(NC(=O)[C@]2(OC)CCC[C@@H](C)C2)cc1. The summed E-state index contributed by atoms with van der Waals surface area (Å²) in [6.45, 7) is 4.76. The van der Waals surface area contributed by atoms with Crippen molar-refractivity contribution in [1.29, 1.82) is 0 Å². The lowest BCUT2D eigenvalue weighted by Crippen LogP contribution is -2.47. The molecule has 2 atom stereocenters. The van der Waals surface area contributed by atoms with Crippen molar-refractivity contribution in [1.82, 2.24) is 0 Å². The summed E-state index contributed by atoms with van der Waals surface area (Å²) in [6, 6.07) is 7.45. The topological polar surface area (TPSA) is 47.6 Å². The van der Waals surface area contributed by atoms with Gasteiger partial charge >= 0.3 is 0 Å². The number of carbonyl (C=O) groups is 1. The number of amides is 1. The van der Waals surface area contributed by atoms with E-state index in [-0.39, 0.29) is 5.91 Å². The highest BCUT2D eigenvalue weighted by molar-refractivity contribution is 5.97. The lowest BCUT2D eigenvalue weighted by molar-refractivity contribution is -0.143. The molecule has 116 valence electrons. The van der Waals surface area contributed by atoms with Crippen LogP contribution in [0.15, 0.2) is 24.3 Å². The van der Waals surface area contributed by atoms with Crippen molar-refractivity contribution >= 4 is 11.6 Å². The van der Waals surface area contributed by atoms with E-state index in [1.165, 1.54) is 6.42 Å². The Morgan fingerprint density at radius 1 is 1.38 bits per heavy atom. The van der Waals surface area contributed by atoms with Gasteiger partial charge in [-0.1, -0.05) is 13.3 Å². The van der Waals surface area contributed by atoms with Gasteiger partial charge in [0.05, 0.1) is 6.61 Å². The smallest absolute Gasteiger partial charge is 0.256 e. The molecule has 1 aromatic carbocycles. The van der Waals surface area contributed by atoms with Gasteiger partial charge in [0.1, 0.15) is 11.4 Å². The third-order valence-electron chi connectivity index (χ3n) is 4.18. The van der Waals surface area contributed by atoms with Gasteiger partial charge in [0.15, 0.2) is 0 Å². The van der Waals surface area contributed by atoms with Crippen LogP contribution in [0.3, 0.4) is 0 Å². The summed E-state index contributed by atoms with van der Waals surface area (Å²) in [6.07, 6.45) is 3.77. The number of carbonyl (C=O) groups excluding carboxylic acids is 1. The van der Waals surface area contributed by atoms with Crippen LogP contribution in [0.2, 0.25) is 0 Å². The Labute approximate surface area is 126 Å². The highest BCUT2D eigenvalue weighted by Crippen LogP contribution is 2.35. The Bertz CT molecular complexity index is 471. The van der Waals surface area contributed by atoms with Crippen molar-refractivity contribution in [3.63, 3.8) is 0 Å².